The second kappa shape index (κ2) is 8.04. The van der Waals surface area contributed by atoms with Gasteiger partial charge in [-0.2, -0.15) is 0 Å². The van der Waals surface area contributed by atoms with Crippen molar-refractivity contribution in [3.8, 4) is 0 Å². The number of hydrogen-bond donors (Lipinski definition) is 1. The van der Waals surface area contributed by atoms with E-state index in [1.165, 1.54) is 0 Å². The van der Waals surface area contributed by atoms with Gasteiger partial charge in [0, 0.05) is 35.4 Å². The van der Waals surface area contributed by atoms with Gasteiger partial charge in [0.1, 0.15) is 0 Å². The van der Waals surface area contributed by atoms with Crippen molar-refractivity contribution in [1.29, 1.82) is 0 Å². The largest absolute Gasteiger partial charge is 0.347 e. The minimum Gasteiger partial charge on any atom is -0.347 e. The van der Waals surface area contributed by atoms with Gasteiger partial charge in [0.15, 0.2) is 5.79 Å². The molecule has 0 aromatic heterocycles. The summed E-state index contributed by atoms with van der Waals surface area (Å²) in [5.41, 5.74) is 0. The van der Waals surface area contributed by atoms with E-state index < -0.39 is 16.6 Å². The molecule has 4 nitrogen and oxygen atoms in total. The Morgan fingerprint density at radius 3 is 2.67 bits per heavy atom. The third-order valence-electron chi connectivity index (χ3n) is 4.50. The summed E-state index contributed by atoms with van der Waals surface area (Å²) < 4.78 is 24.5. The van der Waals surface area contributed by atoms with Crippen LogP contribution in [-0.4, -0.2) is 46.8 Å². The van der Waals surface area contributed by atoms with Gasteiger partial charge < -0.3 is 14.8 Å². The minimum absolute atomic E-state index is 0.155. The minimum atomic E-state index is -0.805. The molecule has 3 unspecified atom stereocenters. The van der Waals surface area contributed by atoms with Gasteiger partial charge in [-0.25, -0.2) is 0 Å². The Morgan fingerprint density at radius 1 is 1.33 bits per heavy atom. The Morgan fingerprint density at radius 2 is 2.05 bits per heavy atom. The van der Waals surface area contributed by atoms with Gasteiger partial charge >= 0.3 is 0 Å². The smallest absolute Gasteiger partial charge is 0.169 e. The van der Waals surface area contributed by atoms with E-state index in [2.05, 4.69) is 26.1 Å². The van der Waals surface area contributed by atoms with Gasteiger partial charge in [-0.1, -0.05) is 20.8 Å². The highest BCUT2D eigenvalue weighted by Crippen LogP contribution is 2.38. The van der Waals surface area contributed by atoms with E-state index in [4.69, 9.17) is 9.47 Å². The lowest BCUT2D eigenvalue weighted by molar-refractivity contribution is -0.178. The molecule has 1 aliphatic heterocycles. The molecule has 5 heteroatoms. The summed E-state index contributed by atoms with van der Waals surface area (Å²) in [5, 5.41) is 3.75. The van der Waals surface area contributed by atoms with Gasteiger partial charge in [-0.3, -0.25) is 4.21 Å². The molecular formula is C16H31NO3S. The van der Waals surface area contributed by atoms with Crippen LogP contribution in [0.1, 0.15) is 52.9 Å². The molecule has 1 saturated heterocycles. The molecule has 0 aromatic rings. The molecular weight excluding hydrogens is 286 g/mol. The fourth-order valence-electron chi connectivity index (χ4n) is 3.21. The molecule has 124 valence electrons. The predicted molar refractivity (Wildman–Crippen MR) is 86.8 cm³/mol. The molecule has 0 bridgehead atoms. The van der Waals surface area contributed by atoms with Crippen molar-refractivity contribution in [1.82, 2.24) is 5.32 Å². The summed E-state index contributed by atoms with van der Waals surface area (Å²) in [6.45, 7) is 8.91. The van der Waals surface area contributed by atoms with E-state index >= 15 is 0 Å². The lowest BCUT2D eigenvalue weighted by atomic mass is 9.89. The average molecular weight is 317 g/mol. The first kappa shape index (κ1) is 17.4. The molecule has 1 spiro atoms. The Balaban J connectivity index is 1.99. The summed E-state index contributed by atoms with van der Waals surface area (Å²) in [6, 6.07) is 0.344. The van der Waals surface area contributed by atoms with Crippen LogP contribution < -0.4 is 5.32 Å². The van der Waals surface area contributed by atoms with Gasteiger partial charge in [0.25, 0.3) is 0 Å². The second-order valence-electron chi connectivity index (χ2n) is 6.72. The van der Waals surface area contributed by atoms with Crippen molar-refractivity contribution in [2.75, 3.05) is 25.5 Å². The van der Waals surface area contributed by atoms with Crippen molar-refractivity contribution < 1.29 is 13.7 Å². The van der Waals surface area contributed by atoms with E-state index in [0.717, 1.165) is 44.4 Å². The molecule has 1 N–H and O–H groups in total. The maximum absolute atomic E-state index is 12.8. The molecule has 0 amide bonds. The van der Waals surface area contributed by atoms with E-state index in [0.29, 0.717) is 25.2 Å². The zero-order valence-electron chi connectivity index (χ0n) is 13.7. The highest BCUT2D eigenvalue weighted by molar-refractivity contribution is 7.85. The van der Waals surface area contributed by atoms with Crippen LogP contribution in [0.25, 0.3) is 0 Å². The molecule has 21 heavy (non-hydrogen) atoms. The fourth-order valence-corrected chi connectivity index (χ4v) is 5.26. The van der Waals surface area contributed by atoms with E-state index in [9.17, 15) is 4.21 Å². The van der Waals surface area contributed by atoms with Crippen LogP contribution in [0.15, 0.2) is 0 Å². The Kier molecular flexibility index (Phi) is 6.66. The molecule has 3 atom stereocenters. The summed E-state index contributed by atoms with van der Waals surface area (Å²) in [5.74, 6) is 0.957. The quantitative estimate of drug-likeness (QED) is 0.783. The van der Waals surface area contributed by atoms with Gasteiger partial charge in [0.2, 0.25) is 0 Å². The van der Waals surface area contributed by atoms with Crippen molar-refractivity contribution in [2.45, 2.75) is 70.0 Å². The van der Waals surface area contributed by atoms with E-state index in [-0.39, 0.29) is 5.25 Å². The molecule has 0 aromatic carbocycles. The number of nitrogens with one attached hydrogen (secondary N) is 1. The van der Waals surface area contributed by atoms with Gasteiger partial charge in [-0.05, 0) is 31.7 Å². The standard InChI is InChI=1S/C16H31NO3S/c1-4-8-17-14-5-7-16(19-9-10-20-16)12-15(14)21(18)11-6-13(2)3/h13-15,17H,4-12H2,1-3H3. The molecule has 2 aliphatic rings. The zero-order valence-corrected chi connectivity index (χ0v) is 14.5. The third-order valence-corrected chi connectivity index (χ3v) is 6.31. The van der Waals surface area contributed by atoms with Crippen molar-refractivity contribution in [3.63, 3.8) is 0 Å². The number of hydrogen-bond acceptors (Lipinski definition) is 4. The van der Waals surface area contributed by atoms with Crippen LogP contribution in [0.4, 0.5) is 0 Å². The first-order chi connectivity index (χ1) is 10.1. The van der Waals surface area contributed by atoms with E-state index in [1.807, 2.05) is 0 Å². The molecule has 1 saturated carbocycles. The molecule has 0 radical (unpaired) electrons. The Bertz CT molecular complexity index is 342. The maximum atomic E-state index is 12.8. The Hall–Kier alpha value is 0.0300. The average Bonchev–Trinajstić information content (AvgIpc) is 2.91. The van der Waals surface area contributed by atoms with Gasteiger partial charge in [-0.15, -0.1) is 0 Å². The van der Waals surface area contributed by atoms with Gasteiger partial charge in [0.05, 0.1) is 18.5 Å². The summed E-state index contributed by atoms with van der Waals surface area (Å²) in [6.07, 6.45) is 4.84. The van der Waals surface area contributed by atoms with Crippen LogP contribution in [0, 0.1) is 5.92 Å². The first-order valence-electron chi connectivity index (χ1n) is 8.45. The SMILES string of the molecule is CCCNC1CCC2(CC1S(=O)CCC(C)C)OCCO2. The summed E-state index contributed by atoms with van der Waals surface area (Å²) in [4.78, 5) is 0. The summed E-state index contributed by atoms with van der Waals surface area (Å²) >= 11 is 0. The lowest BCUT2D eigenvalue weighted by Crippen LogP contribution is -2.53. The van der Waals surface area contributed by atoms with Crippen LogP contribution in [-0.2, 0) is 20.3 Å². The molecule has 1 heterocycles. The highest BCUT2D eigenvalue weighted by Gasteiger charge is 2.46. The van der Waals surface area contributed by atoms with Crippen LogP contribution >= 0.6 is 0 Å². The van der Waals surface area contributed by atoms with E-state index in [1.54, 1.807) is 0 Å². The Labute approximate surface area is 131 Å². The van der Waals surface area contributed by atoms with Crippen LogP contribution in [0.3, 0.4) is 0 Å². The van der Waals surface area contributed by atoms with Crippen molar-refractivity contribution in [3.05, 3.63) is 0 Å². The van der Waals surface area contributed by atoms with Crippen LogP contribution in [0.2, 0.25) is 0 Å². The normalized spacial score (nSPS) is 30.1. The third kappa shape index (κ3) is 4.75. The topological polar surface area (TPSA) is 47.6 Å². The molecule has 1 aliphatic carbocycles. The monoisotopic (exact) mass is 317 g/mol. The second-order valence-corrected chi connectivity index (χ2v) is 8.49. The van der Waals surface area contributed by atoms with Crippen molar-refractivity contribution in [2.24, 2.45) is 5.92 Å². The molecule has 2 fully saturated rings. The van der Waals surface area contributed by atoms with Crippen LogP contribution in [0.5, 0.6) is 0 Å². The lowest BCUT2D eigenvalue weighted by Gasteiger charge is -2.41. The van der Waals surface area contributed by atoms with Crippen molar-refractivity contribution >= 4 is 10.8 Å². The maximum Gasteiger partial charge on any atom is 0.169 e. The first-order valence-corrected chi connectivity index (χ1v) is 9.83. The highest BCUT2D eigenvalue weighted by atomic mass is 32.2. The zero-order chi connectivity index (χ0) is 15.3. The number of ether oxygens (including phenoxy) is 2. The predicted octanol–water partition coefficient (Wildman–Crippen LogP) is 2.45. The fraction of sp³-hybridized carbons (Fsp3) is 1.00. The molecule has 2 rings (SSSR count). The number of rotatable bonds is 7. The summed E-state index contributed by atoms with van der Waals surface area (Å²) in [7, 11) is -0.805.